The predicted molar refractivity (Wildman–Crippen MR) is 86.1 cm³/mol. The quantitative estimate of drug-likeness (QED) is 0.773. The van der Waals surface area contributed by atoms with E-state index in [1.54, 1.807) is 16.7 Å². The second kappa shape index (κ2) is 8.03. The number of amides is 2. The third kappa shape index (κ3) is 4.36. The molecular weight excluding hydrogens is 286 g/mol. The van der Waals surface area contributed by atoms with Crippen LogP contribution < -0.4 is 10.6 Å². The van der Waals surface area contributed by atoms with Crippen LogP contribution in [-0.4, -0.2) is 53.5 Å². The number of carbonyl (C=O) groups is 2. The molecule has 2 amide bonds. The summed E-state index contributed by atoms with van der Waals surface area (Å²) >= 11 is 1.68. The van der Waals surface area contributed by atoms with Crippen LogP contribution in [0.2, 0.25) is 0 Å². The molecule has 1 heterocycles. The number of hydrogen-bond acceptors (Lipinski definition) is 4. The first-order chi connectivity index (χ1) is 10.1. The lowest BCUT2D eigenvalue weighted by atomic mass is 10.1. The largest absolute Gasteiger partial charge is 0.353 e. The molecule has 2 aliphatic rings. The molecule has 1 aliphatic heterocycles. The molecule has 0 aromatic carbocycles. The molecule has 2 fully saturated rings. The van der Waals surface area contributed by atoms with Crippen molar-refractivity contribution in [1.29, 1.82) is 0 Å². The van der Waals surface area contributed by atoms with Crippen molar-refractivity contribution < 1.29 is 9.59 Å². The maximum atomic E-state index is 12.5. The van der Waals surface area contributed by atoms with Crippen LogP contribution in [0.1, 0.15) is 39.5 Å². The van der Waals surface area contributed by atoms with Crippen molar-refractivity contribution in [2.45, 2.75) is 51.6 Å². The van der Waals surface area contributed by atoms with Crippen LogP contribution in [0, 0.1) is 5.92 Å². The first-order valence-electron chi connectivity index (χ1n) is 8.02. The first-order valence-corrected chi connectivity index (χ1v) is 9.18. The van der Waals surface area contributed by atoms with Crippen LogP contribution >= 0.6 is 11.8 Å². The Balaban J connectivity index is 1.85. The van der Waals surface area contributed by atoms with Gasteiger partial charge in [-0.3, -0.25) is 9.59 Å². The number of likely N-dealkylation sites (N-methyl/N-ethyl adjacent to an activating group) is 1. The highest BCUT2D eigenvalue weighted by Gasteiger charge is 2.38. The van der Waals surface area contributed by atoms with Gasteiger partial charge in [0.05, 0.1) is 5.88 Å². The summed E-state index contributed by atoms with van der Waals surface area (Å²) in [6, 6.07) is -0.0242. The average molecular weight is 313 g/mol. The van der Waals surface area contributed by atoms with E-state index < -0.39 is 0 Å². The lowest BCUT2D eigenvalue weighted by Gasteiger charge is -2.26. The minimum atomic E-state index is -0.281. The Morgan fingerprint density at radius 1 is 1.33 bits per heavy atom. The van der Waals surface area contributed by atoms with E-state index in [0.29, 0.717) is 12.4 Å². The summed E-state index contributed by atoms with van der Waals surface area (Å²) in [7, 11) is 0. The Kier molecular flexibility index (Phi) is 6.36. The summed E-state index contributed by atoms with van der Waals surface area (Å²) in [5.74, 6) is 1.73. The molecule has 1 saturated carbocycles. The molecule has 120 valence electrons. The van der Waals surface area contributed by atoms with Gasteiger partial charge in [-0.2, -0.15) is 0 Å². The molecule has 1 aliphatic carbocycles. The van der Waals surface area contributed by atoms with E-state index in [9.17, 15) is 9.59 Å². The van der Waals surface area contributed by atoms with E-state index >= 15 is 0 Å². The summed E-state index contributed by atoms with van der Waals surface area (Å²) in [5, 5.41) is 6.25. The van der Waals surface area contributed by atoms with E-state index in [0.717, 1.165) is 38.0 Å². The van der Waals surface area contributed by atoms with Crippen LogP contribution in [0.3, 0.4) is 0 Å². The van der Waals surface area contributed by atoms with Crippen LogP contribution in [0.5, 0.6) is 0 Å². The minimum Gasteiger partial charge on any atom is -0.353 e. The molecule has 1 saturated heterocycles. The van der Waals surface area contributed by atoms with Crippen molar-refractivity contribution in [3.8, 4) is 0 Å². The molecule has 5 nitrogen and oxygen atoms in total. The molecule has 0 aromatic heterocycles. The van der Waals surface area contributed by atoms with E-state index in [2.05, 4.69) is 17.6 Å². The van der Waals surface area contributed by atoms with Crippen molar-refractivity contribution in [2.24, 2.45) is 5.92 Å². The molecule has 2 rings (SSSR count). The maximum Gasteiger partial charge on any atom is 0.243 e. The summed E-state index contributed by atoms with van der Waals surface area (Å²) in [6.07, 6.45) is 4.28. The third-order valence-corrected chi connectivity index (χ3v) is 5.32. The number of hydrogen-bond donors (Lipinski definition) is 2. The van der Waals surface area contributed by atoms with E-state index in [1.807, 2.05) is 6.92 Å². The van der Waals surface area contributed by atoms with Gasteiger partial charge in [0.15, 0.2) is 0 Å². The van der Waals surface area contributed by atoms with Crippen LogP contribution in [0.15, 0.2) is 0 Å². The fourth-order valence-electron chi connectivity index (χ4n) is 3.08. The smallest absolute Gasteiger partial charge is 0.243 e. The molecular formula is C15H27N3O2S. The van der Waals surface area contributed by atoms with Gasteiger partial charge in [0.2, 0.25) is 11.8 Å². The van der Waals surface area contributed by atoms with Crippen LogP contribution in [-0.2, 0) is 9.59 Å². The lowest BCUT2D eigenvalue weighted by Crippen LogP contribution is -2.50. The average Bonchev–Trinajstić information content (AvgIpc) is 3.15. The number of nitrogens with one attached hydrogen (secondary N) is 2. The van der Waals surface area contributed by atoms with Crippen molar-refractivity contribution in [3.05, 3.63) is 0 Å². The van der Waals surface area contributed by atoms with Crippen molar-refractivity contribution in [3.63, 3.8) is 0 Å². The molecule has 0 bridgehead atoms. The monoisotopic (exact) mass is 313 g/mol. The summed E-state index contributed by atoms with van der Waals surface area (Å²) < 4.78 is 0. The highest BCUT2D eigenvalue weighted by atomic mass is 32.2. The molecule has 21 heavy (non-hydrogen) atoms. The van der Waals surface area contributed by atoms with Gasteiger partial charge in [0.1, 0.15) is 6.04 Å². The fraction of sp³-hybridized carbons (Fsp3) is 0.867. The molecule has 6 heteroatoms. The maximum absolute atomic E-state index is 12.5. The zero-order valence-electron chi connectivity index (χ0n) is 13.1. The van der Waals surface area contributed by atoms with Crippen LogP contribution in [0.25, 0.3) is 0 Å². The number of rotatable bonds is 6. The third-order valence-electron chi connectivity index (χ3n) is 4.31. The second-order valence-corrected chi connectivity index (χ2v) is 7.01. The van der Waals surface area contributed by atoms with Gasteiger partial charge in [-0.1, -0.05) is 19.8 Å². The molecule has 0 aromatic rings. The molecule has 0 spiro atoms. The summed E-state index contributed by atoms with van der Waals surface area (Å²) in [6.45, 7) is 5.60. The molecule has 2 N–H and O–H groups in total. The highest BCUT2D eigenvalue weighted by Crippen LogP contribution is 2.30. The number of thioether (sulfide) groups is 1. The van der Waals surface area contributed by atoms with Gasteiger partial charge >= 0.3 is 0 Å². The Labute approximate surface area is 131 Å². The first kappa shape index (κ1) is 16.6. The SMILES string of the molecule is CCN[C@H](C)CNC(=O)C1CSCN1C(=O)C1CCCC1. The van der Waals surface area contributed by atoms with E-state index in [-0.39, 0.29) is 29.8 Å². The molecule has 0 radical (unpaired) electrons. The topological polar surface area (TPSA) is 61.4 Å². The second-order valence-electron chi connectivity index (χ2n) is 6.01. The van der Waals surface area contributed by atoms with Crippen molar-refractivity contribution in [1.82, 2.24) is 15.5 Å². The summed E-state index contributed by atoms with van der Waals surface area (Å²) in [5.41, 5.74) is 0. The zero-order chi connectivity index (χ0) is 15.2. The Morgan fingerprint density at radius 2 is 2.05 bits per heavy atom. The van der Waals surface area contributed by atoms with Crippen molar-refractivity contribution >= 4 is 23.6 Å². The Hall–Kier alpha value is -0.750. The Bertz CT molecular complexity index is 372. The fourth-order valence-corrected chi connectivity index (χ4v) is 4.24. The van der Waals surface area contributed by atoms with E-state index in [1.165, 1.54) is 0 Å². The van der Waals surface area contributed by atoms with E-state index in [4.69, 9.17) is 0 Å². The number of carbonyl (C=O) groups excluding carboxylic acids is 2. The van der Waals surface area contributed by atoms with Crippen molar-refractivity contribution in [2.75, 3.05) is 24.7 Å². The number of nitrogens with zero attached hydrogens (tertiary/aromatic N) is 1. The van der Waals surface area contributed by atoms with Gasteiger partial charge < -0.3 is 15.5 Å². The van der Waals surface area contributed by atoms with Gasteiger partial charge in [-0.15, -0.1) is 11.8 Å². The lowest BCUT2D eigenvalue weighted by molar-refractivity contribution is -0.141. The van der Waals surface area contributed by atoms with Gasteiger partial charge in [0, 0.05) is 24.3 Å². The normalized spacial score (nSPS) is 24.3. The zero-order valence-corrected chi connectivity index (χ0v) is 13.9. The van der Waals surface area contributed by atoms with Gasteiger partial charge in [-0.05, 0) is 26.3 Å². The Morgan fingerprint density at radius 3 is 2.71 bits per heavy atom. The summed E-state index contributed by atoms with van der Waals surface area (Å²) in [4.78, 5) is 26.7. The standard InChI is InChI=1S/C15H27N3O2S/c1-3-16-11(2)8-17-14(19)13-9-21-10-18(13)15(20)12-6-4-5-7-12/h11-13,16H,3-10H2,1-2H3,(H,17,19)/t11-,13?/m1/s1. The molecule has 1 unspecified atom stereocenters. The predicted octanol–water partition coefficient (Wildman–Crippen LogP) is 1.19. The van der Waals surface area contributed by atoms with Gasteiger partial charge in [-0.25, -0.2) is 0 Å². The highest BCUT2D eigenvalue weighted by molar-refractivity contribution is 7.99. The minimum absolute atomic E-state index is 0.00361. The van der Waals surface area contributed by atoms with Crippen LogP contribution in [0.4, 0.5) is 0 Å². The van der Waals surface area contributed by atoms with Gasteiger partial charge in [0.25, 0.3) is 0 Å². The molecule has 2 atom stereocenters.